The molecule has 1 heterocycles. The average Bonchev–Trinajstić information content (AvgIpc) is 1.93. The van der Waals surface area contributed by atoms with E-state index in [1.165, 1.54) is 0 Å². The van der Waals surface area contributed by atoms with Gasteiger partial charge in [-0.3, -0.25) is 4.79 Å². The van der Waals surface area contributed by atoms with E-state index in [1.54, 1.807) is 0 Å². The Bertz CT molecular complexity index is 145. The SMILES string of the molecule is CC(C)CN1CCNCC1=O. The van der Waals surface area contributed by atoms with Gasteiger partial charge in [-0.15, -0.1) is 0 Å². The Hall–Kier alpha value is -0.570. The van der Waals surface area contributed by atoms with Crippen molar-refractivity contribution in [3.8, 4) is 0 Å². The Labute approximate surface area is 67.8 Å². The molecule has 0 unspecified atom stereocenters. The molecule has 0 aromatic rings. The number of piperazine rings is 1. The topological polar surface area (TPSA) is 32.3 Å². The Balaban J connectivity index is 2.36. The summed E-state index contributed by atoms with van der Waals surface area (Å²) >= 11 is 0. The van der Waals surface area contributed by atoms with Crippen LogP contribution in [0.4, 0.5) is 0 Å². The van der Waals surface area contributed by atoms with Gasteiger partial charge in [-0.1, -0.05) is 13.8 Å². The van der Waals surface area contributed by atoms with Crippen molar-refractivity contribution in [1.29, 1.82) is 0 Å². The fourth-order valence-electron chi connectivity index (χ4n) is 1.28. The van der Waals surface area contributed by atoms with Crippen LogP contribution in [0.3, 0.4) is 0 Å². The number of amides is 1. The minimum atomic E-state index is 0.241. The summed E-state index contributed by atoms with van der Waals surface area (Å²) in [4.78, 5) is 13.1. The summed E-state index contributed by atoms with van der Waals surface area (Å²) in [7, 11) is 0. The molecule has 1 amide bonds. The molecule has 0 spiro atoms. The third-order valence-electron chi connectivity index (χ3n) is 1.77. The summed E-state index contributed by atoms with van der Waals surface area (Å²) in [6, 6.07) is 0. The first-order valence-corrected chi connectivity index (χ1v) is 4.18. The van der Waals surface area contributed by atoms with Crippen molar-refractivity contribution in [3.63, 3.8) is 0 Å². The van der Waals surface area contributed by atoms with Crippen LogP contribution in [0.1, 0.15) is 13.8 Å². The molecule has 0 aliphatic carbocycles. The van der Waals surface area contributed by atoms with Crippen molar-refractivity contribution < 1.29 is 4.79 Å². The van der Waals surface area contributed by atoms with Gasteiger partial charge in [-0.2, -0.15) is 0 Å². The second kappa shape index (κ2) is 3.72. The van der Waals surface area contributed by atoms with Crippen LogP contribution in [0.15, 0.2) is 0 Å². The lowest BCUT2D eigenvalue weighted by molar-refractivity contribution is -0.132. The second-order valence-electron chi connectivity index (χ2n) is 3.41. The van der Waals surface area contributed by atoms with E-state index in [-0.39, 0.29) is 5.91 Å². The molecule has 0 saturated carbocycles. The summed E-state index contributed by atoms with van der Waals surface area (Å²) in [5, 5.41) is 3.05. The normalized spacial score (nSPS) is 19.5. The first-order valence-electron chi connectivity index (χ1n) is 4.18. The van der Waals surface area contributed by atoms with Crippen LogP contribution >= 0.6 is 0 Å². The maximum absolute atomic E-state index is 11.2. The number of nitrogens with zero attached hydrogens (tertiary/aromatic N) is 1. The molecule has 0 aromatic heterocycles. The van der Waals surface area contributed by atoms with Crippen LogP contribution in [0.5, 0.6) is 0 Å². The lowest BCUT2D eigenvalue weighted by Crippen LogP contribution is -2.49. The minimum Gasteiger partial charge on any atom is -0.340 e. The zero-order chi connectivity index (χ0) is 8.27. The molecule has 1 N–H and O–H groups in total. The van der Waals surface area contributed by atoms with Crippen molar-refractivity contribution in [2.24, 2.45) is 5.92 Å². The average molecular weight is 156 g/mol. The van der Waals surface area contributed by atoms with Gasteiger partial charge in [0.25, 0.3) is 0 Å². The van der Waals surface area contributed by atoms with Crippen molar-refractivity contribution >= 4 is 5.91 Å². The molecule has 3 nitrogen and oxygen atoms in total. The summed E-state index contributed by atoms with van der Waals surface area (Å²) in [6.45, 7) is 7.51. The number of carbonyl (C=O) groups excluding carboxylic acids is 1. The van der Waals surface area contributed by atoms with Crippen molar-refractivity contribution in [2.75, 3.05) is 26.2 Å². The highest BCUT2D eigenvalue weighted by atomic mass is 16.2. The molecule has 3 heteroatoms. The standard InChI is InChI=1S/C8H16N2O/c1-7(2)6-10-4-3-9-5-8(10)11/h7,9H,3-6H2,1-2H3. The van der Waals surface area contributed by atoms with E-state index in [2.05, 4.69) is 19.2 Å². The van der Waals surface area contributed by atoms with Crippen LogP contribution < -0.4 is 5.32 Å². The summed E-state index contributed by atoms with van der Waals surface area (Å²) in [5.74, 6) is 0.821. The molecular weight excluding hydrogens is 140 g/mol. The molecule has 1 aliphatic heterocycles. The van der Waals surface area contributed by atoms with E-state index in [0.717, 1.165) is 19.6 Å². The maximum Gasteiger partial charge on any atom is 0.236 e. The highest BCUT2D eigenvalue weighted by Crippen LogP contribution is 2.00. The van der Waals surface area contributed by atoms with Crippen LogP contribution in [0.25, 0.3) is 0 Å². The van der Waals surface area contributed by atoms with Gasteiger partial charge >= 0.3 is 0 Å². The molecular formula is C8H16N2O. The quantitative estimate of drug-likeness (QED) is 0.614. The van der Waals surface area contributed by atoms with Gasteiger partial charge in [0.05, 0.1) is 6.54 Å². The predicted molar refractivity (Wildman–Crippen MR) is 44.3 cm³/mol. The Morgan fingerprint density at radius 2 is 2.36 bits per heavy atom. The van der Waals surface area contributed by atoms with Gasteiger partial charge in [0.1, 0.15) is 0 Å². The largest absolute Gasteiger partial charge is 0.340 e. The monoisotopic (exact) mass is 156 g/mol. The number of hydrogen-bond acceptors (Lipinski definition) is 2. The van der Waals surface area contributed by atoms with E-state index in [9.17, 15) is 4.79 Å². The maximum atomic E-state index is 11.2. The van der Waals surface area contributed by atoms with E-state index in [4.69, 9.17) is 0 Å². The summed E-state index contributed by atoms with van der Waals surface area (Å²) in [6.07, 6.45) is 0. The highest BCUT2D eigenvalue weighted by molar-refractivity contribution is 5.78. The molecule has 1 saturated heterocycles. The van der Waals surface area contributed by atoms with Gasteiger partial charge in [0, 0.05) is 19.6 Å². The lowest BCUT2D eigenvalue weighted by atomic mass is 10.2. The van der Waals surface area contributed by atoms with E-state index >= 15 is 0 Å². The Morgan fingerprint density at radius 3 is 2.91 bits per heavy atom. The molecule has 11 heavy (non-hydrogen) atoms. The van der Waals surface area contributed by atoms with Gasteiger partial charge in [0.2, 0.25) is 5.91 Å². The molecule has 0 bridgehead atoms. The van der Waals surface area contributed by atoms with E-state index in [0.29, 0.717) is 12.5 Å². The van der Waals surface area contributed by atoms with Crippen LogP contribution in [-0.4, -0.2) is 37.0 Å². The number of carbonyl (C=O) groups is 1. The fraction of sp³-hybridized carbons (Fsp3) is 0.875. The fourth-order valence-corrected chi connectivity index (χ4v) is 1.28. The summed E-state index contributed by atoms with van der Waals surface area (Å²) < 4.78 is 0. The van der Waals surface area contributed by atoms with Crippen LogP contribution in [0.2, 0.25) is 0 Å². The van der Waals surface area contributed by atoms with Crippen molar-refractivity contribution in [1.82, 2.24) is 10.2 Å². The predicted octanol–water partition coefficient (Wildman–Crippen LogP) is 0.0742. The summed E-state index contributed by atoms with van der Waals surface area (Å²) in [5.41, 5.74) is 0. The lowest BCUT2D eigenvalue weighted by Gasteiger charge is -2.28. The van der Waals surface area contributed by atoms with E-state index in [1.807, 2.05) is 4.90 Å². The third-order valence-corrected chi connectivity index (χ3v) is 1.77. The van der Waals surface area contributed by atoms with Gasteiger partial charge in [-0.05, 0) is 5.92 Å². The molecule has 0 radical (unpaired) electrons. The number of rotatable bonds is 2. The van der Waals surface area contributed by atoms with Crippen molar-refractivity contribution in [3.05, 3.63) is 0 Å². The molecule has 1 fully saturated rings. The highest BCUT2D eigenvalue weighted by Gasteiger charge is 2.17. The molecule has 1 rings (SSSR count). The van der Waals surface area contributed by atoms with Gasteiger partial charge in [-0.25, -0.2) is 0 Å². The number of hydrogen-bond donors (Lipinski definition) is 1. The third kappa shape index (κ3) is 2.50. The van der Waals surface area contributed by atoms with Gasteiger partial charge in [0.15, 0.2) is 0 Å². The first-order chi connectivity index (χ1) is 5.20. The molecule has 64 valence electrons. The Morgan fingerprint density at radius 1 is 1.64 bits per heavy atom. The zero-order valence-electron chi connectivity index (χ0n) is 7.26. The molecule has 0 atom stereocenters. The van der Waals surface area contributed by atoms with E-state index < -0.39 is 0 Å². The van der Waals surface area contributed by atoms with Crippen molar-refractivity contribution in [2.45, 2.75) is 13.8 Å². The second-order valence-corrected chi connectivity index (χ2v) is 3.41. The number of nitrogens with one attached hydrogen (secondary N) is 1. The van der Waals surface area contributed by atoms with Gasteiger partial charge < -0.3 is 10.2 Å². The smallest absolute Gasteiger partial charge is 0.236 e. The Kier molecular flexibility index (Phi) is 2.88. The molecule has 0 aromatic carbocycles. The van der Waals surface area contributed by atoms with Crippen LogP contribution in [0, 0.1) is 5.92 Å². The molecule has 1 aliphatic rings. The first kappa shape index (κ1) is 8.53. The minimum absolute atomic E-state index is 0.241. The zero-order valence-corrected chi connectivity index (χ0v) is 7.26. The van der Waals surface area contributed by atoms with Crippen LogP contribution in [-0.2, 0) is 4.79 Å².